The third-order valence-corrected chi connectivity index (χ3v) is 9.43. The van der Waals surface area contributed by atoms with Crippen LogP contribution in [0.15, 0.2) is 77.8 Å². The second-order valence-corrected chi connectivity index (χ2v) is 12.5. The standard InChI is InChI=1S/C31H31F3N4O3S/c1-21-7-10-24(11-8-21)29-27(20-37(36-29)19-23-5-4-6-25(17-23)31(32,33)34)30(39)35-26-12-9-22(2)28(18-26)42(3,40)38-13-15-41-16-14-38/h4-12,17-18,20H,3,13-16,19H2,1-2H3,(H,35,39). The number of carbonyl (C=O) groups is 1. The minimum Gasteiger partial charge on any atom is -0.379 e. The number of aryl methyl sites for hydroxylation is 2. The lowest BCUT2D eigenvalue weighted by Gasteiger charge is -2.30. The lowest BCUT2D eigenvalue weighted by Crippen LogP contribution is -2.40. The Hall–Kier alpha value is -3.93. The van der Waals surface area contributed by atoms with Crippen molar-refractivity contribution in [2.45, 2.75) is 31.5 Å². The number of morpholine rings is 1. The summed E-state index contributed by atoms with van der Waals surface area (Å²) >= 11 is 0. The van der Waals surface area contributed by atoms with Crippen LogP contribution in [-0.2, 0) is 27.2 Å². The van der Waals surface area contributed by atoms with Gasteiger partial charge in [-0.3, -0.25) is 9.48 Å². The monoisotopic (exact) mass is 596 g/mol. The molecular weight excluding hydrogens is 565 g/mol. The van der Waals surface area contributed by atoms with Crippen LogP contribution < -0.4 is 5.32 Å². The maximum absolute atomic E-state index is 13.8. The normalized spacial score (nSPS) is 15.7. The zero-order chi connectivity index (χ0) is 30.1. The first kappa shape index (κ1) is 29.6. The van der Waals surface area contributed by atoms with Crippen LogP contribution in [0.4, 0.5) is 18.9 Å². The van der Waals surface area contributed by atoms with E-state index >= 15 is 0 Å². The van der Waals surface area contributed by atoms with Crippen molar-refractivity contribution < 1.29 is 26.9 Å². The molecule has 1 amide bonds. The van der Waals surface area contributed by atoms with Crippen LogP contribution in [-0.4, -0.2) is 56.4 Å². The molecule has 1 fully saturated rings. The number of halogens is 3. The summed E-state index contributed by atoms with van der Waals surface area (Å²) in [6.07, 6.45) is -2.94. The Labute approximate surface area is 243 Å². The fourth-order valence-electron chi connectivity index (χ4n) is 4.83. The summed E-state index contributed by atoms with van der Waals surface area (Å²) in [5.41, 5.74) is 3.21. The summed E-state index contributed by atoms with van der Waals surface area (Å²) < 4.78 is 62.2. The highest BCUT2D eigenvalue weighted by atomic mass is 32.2. The summed E-state index contributed by atoms with van der Waals surface area (Å²) in [5.74, 6) is 3.57. The van der Waals surface area contributed by atoms with E-state index in [2.05, 4.69) is 16.3 Å². The number of rotatable bonds is 7. The van der Waals surface area contributed by atoms with E-state index in [1.165, 1.54) is 16.9 Å². The predicted molar refractivity (Wildman–Crippen MR) is 158 cm³/mol. The molecule has 1 atom stereocenters. The predicted octanol–water partition coefficient (Wildman–Crippen LogP) is 5.81. The second-order valence-electron chi connectivity index (χ2n) is 10.3. The minimum atomic E-state index is -4.47. The van der Waals surface area contributed by atoms with Gasteiger partial charge in [0.25, 0.3) is 5.91 Å². The summed E-state index contributed by atoms with van der Waals surface area (Å²) in [7, 11) is -2.81. The Morgan fingerprint density at radius 2 is 1.76 bits per heavy atom. The van der Waals surface area contributed by atoms with Gasteiger partial charge in [-0.05, 0) is 55.1 Å². The molecule has 1 N–H and O–H groups in total. The molecule has 1 unspecified atom stereocenters. The quantitative estimate of drug-likeness (QED) is 0.273. The Bertz CT molecular complexity index is 1710. The van der Waals surface area contributed by atoms with E-state index in [0.717, 1.165) is 23.3 Å². The Balaban J connectivity index is 1.47. The largest absolute Gasteiger partial charge is 0.416 e. The smallest absolute Gasteiger partial charge is 0.379 e. The van der Waals surface area contributed by atoms with Crippen molar-refractivity contribution in [3.8, 4) is 11.3 Å². The topological polar surface area (TPSA) is 76.5 Å². The molecule has 11 heteroatoms. The molecule has 1 aliphatic heterocycles. The maximum atomic E-state index is 13.8. The van der Waals surface area contributed by atoms with Gasteiger partial charge < -0.3 is 10.1 Å². The number of alkyl halides is 3. The SMILES string of the molecule is C=S(=O)(c1cc(NC(=O)c2cn(Cc3cccc(C(F)(F)F)c3)nc2-c2ccc(C)cc2)ccc1C)N1CCOCC1. The van der Waals surface area contributed by atoms with Gasteiger partial charge >= 0.3 is 6.18 Å². The zero-order valence-electron chi connectivity index (χ0n) is 23.3. The van der Waals surface area contributed by atoms with Gasteiger partial charge in [-0.25, -0.2) is 8.51 Å². The van der Waals surface area contributed by atoms with Crippen LogP contribution in [0.3, 0.4) is 0 Å². The summed E-state index contributed by atoms with van der Waals surface area (Å²) in [4.78, 5) is 14.2. The van der Waals surface area contributed by atoms with Gasteiger partial charge in [0.2, 0.25) is 0 Å². The molecule has 0 radical (unpaired) electrons. The number of anilines is 1. The highest BCUT2D eigenvalue weighted by Crippen LogP contribution is 2.30. The van der Waals surface area contributed by atoms with E-state index in [1.807, 2.05) is 38.1 Å². The van der Waals surface area contributed by atoms with Crippen LogP contribution in [0, 0.1) is 13.8 Å². The fraction of sp³-hybridized carbons (Fsp3) is 0.258. The van der Waals surface area contributed by atoms with Crippen molar-refractivity contribution in [1.29, 1.82) is 0 Å². The number of hydrogen-bond acceptors (Lipinski definition) is 4. The van der Waals surface area contributed by atoms with Gasteiger partial charge in [0.05, 0.1) is 40.6 Å². The first-order valence-corrected chi connectivity index (χ1v) is 15.0. The van der Waals surface area contributed by atoms with Crippen LogP contribution in [0.25, 0.3) is 11.3 Å². The van der Waals surface area contributed by atoms with E-state index in [4.69, 9.17) is 4.74 Å². The lowest BCUT2D eigenvalue weighted by molar-refractivity contribution is -0.137. The highest BCUT2D eigenvalue weighted by molar-refractivity contribution is 7.98. The Morgan fingerprint density at radius 1 is 1.05 bits per heavy atom. The molecule has 0 aliphatic carbocycles. The van der Waals surface area contributed by atoms with Crippen LogP contribution in [0.1, 0.15) is 32.6 Å². The molecule has 0 bridgehead atoms. The molecular formula is C31H31F3N4O3S. The van der Waals surface area contributed by atoms with Gasteiger partial charge in [-0.1, -0.05) is 48.0 Å². The molecule has 5 rings (SSSR count). The molecule has 0 spiro atoms. The number of aromatic nitrogens is 2. The van der Waals surface area contributed by atoms with E-state index in [-0.39, 0.29) is 12.1 Å². The molecule has 7 nitrogen and oxygen atoms in total. The van der Waals surface area contributed by atoms with E-state index in [9.17, 15) is 22.2 Å². The van der Waals surface area contributed by atoms with Crippen molar-refractivity contribution in [2.75, 3.05) is 31.6 Å². The average Bonchev–Trinajstić information content (AvgIpc) is 3.38. The second kappa shape index (κ2) is 11.7. The highest BCUT2D eigenvalue weighted by Gasteiger charge is 2.30. The number of ether oxygens (including phenoxy) is 1. The molecule has 1 saturated heterocycles. The Morgan fingerprint density at radius 3 is 2.45 bits per heavy atom. The van der Waals surface area contributed by atoms with Crippen molar-refractivity contribution in [3.63, 3.8) is 0 Å². The van der Waals surface area contributed by atoms with E-state index in [1.54, 1.807) is 28.6 Å². The van der Waals surface area contributed by atoms with Crippen LogP contribution in [0.5, 0.6) is 0 Å². The number of nitrogens with zero attached hydrogens (tertiary/aromatic N) is 3. The molecule has 1 aliphatic rings. The minimum absolute atomic E-state index is 0.0356. The first-order chi connectivity index (χ1) is 19.9. The number of hydrogen-bond donors (Lipinski definition) is 1. The Kier molecular flexibility index (Phi) is 8.27. The van der Waals surface area contributed by atoms with Gasteiger partial charge in [-0.2, -0.15) is 18.3 Å². The average molecular weight is 597 g/mol. The molecule has 4 aromatic rings. The third kappa shape index (κ3) is 6.43. The van der Waals surface area contributed by atoms with Crippen LogP contribution in [0.2, 0.25) is 0 Å². The van der Waals surface area contributed by atoms with Crippen molar-refractivity contribution in [3.05, 3.63) is 101 Å². The summed E-state index contributed by atoms with van der Waals surface area (Å²) in [6.45, 7) is 5.73. The van der Waals surface area contributed by atoms with Crippen molar-refractivity contribution >= 4 is 27.2 Å². The van der Waals surface area contributed by atoms with Gasteiger partial charge in [0.15, 0.2) is 0 Å². The van der Waals surface area contributed by atoms with Gasteiger partial charge in [0.1, 0.15) is 5.69 Å². The van der Waals surface area contributed by atoms with Crippen molar-refractivity contribution in [2.24, 2.45) is 0 Å². The van der Waals surface area contributed by atoms with E-state index < -0.39 is 27.4 Å². The summed E-state index contributed by atoms with van der Waals surface area (Å²) in [5, 5.41) is 7.48. The summed E-state index contributed by atoms with van der Waals surface area (Å²) in [6, 6.07) is 17.7. The number of carbonyl (C=O) groups excluding carboxylic acids is 1. The van der Waals surface area contributed by atoms with Gasteiger partial charge in [0, 0.05) is 35.4 Å². The fourth-order valence-corrected chi connectivity index (χ4v) is 6.73. The number of nitrogens with one attached hydrogen (secondary N) is 1. The first-order valence-electron chi connectivity index (χ1n) is 13.3. The van der Waals surface area contributed by atoms with Gasteiger partial charge in [-0.15, -0.1) is 0 Å². The molecule has 42 heavy (non-hydrogen) atoms. The molecule has 3 aromatic carbocycles. The molecule has 2 heterocycles. The number of amides is 1. The number of benzene rings is 3. The molecule has 1 aromatic heterocycles. The maximum Gasteiger partial charge on any atom is 0.416 e. The molecule has 220 valence electrons. The molecule has 0 saturated carbocycles. The van der Waals surface area contributed by atoms with Crippen LogP contribution >= 0.6 is 0 Å². The van der Waals surface area contributed by atoms with E-state index in [0.29, 0.717) is 53.7 Å². The van der Waals surface area contributed by atoms with Crippen molar-refractivity contribution in [1.82, 2.24) is 14.1 Å². The third-order valence-electron chi connectivity index (χ3n) is 7.11. The lowest BCUT2D eigenvalue weighted by atomic mass is 10.1. The zero-order valence-corrected chi connectivity index (χ0v) is 24.1.